The Kier molecular flexibility index (Phi) is 4.77. The molecule has 0 atom stereocenters. The zero-order chi connectivity index (χ0) is 14.5. The van der Waals surface area contributed by atoms with Gasteiger partial charge in [-0.3, -0.25) is 9.59 Å². The molecule has 20 heavy (non-hydrogen) atoms. The van der Waals surface area contributed by atoms with Gasteiger partial charge in [-0.15, -0.1) is 0 Å². The number of carbonyl (C=O) groups is 2. The van der Waals surface area contributed by atoms with Crippen LogP contribution in [0.5, 0.6) is 0 Å². The van der Waals surface area contributed by atoms with Crippen LogP contribution in [0.3, 0.4) is 0 Å². The Balaban J connectivity index is 1.72. The second-order valence-electron chi connectivity index (χ2n) is 5.46. The van der Waals surface area contributed by atoms with Crippen LogP contribution in [-0.2, 0) is 16.1 Å². The summed E-state index contributed by atoms with van der Waals surface area (Å²) in [5.41, 5.74) is 2.30. The zero-order valence-electron chi connectivity index (χ0n) is 12.2. The van der Waals surface area contributed by atoms with E-state index in [4.69, 9.17) is 0 Å². The van der Waals surface area contributed by atoms with Gasteiger partial charge in [-0.05, 0) is 25.3 Å². The second-order valence-corrected chi connectivity index (χ2v) is 5.46. The standard InChI is InChI=1S/C16H22N2O2/c1-12-3-5-14(6-4-12)11-17-16(20)9-10-18(13(2)19)15-7-8-15/h3-6,15H,7-11H2,1-2H3,(H,17,20). The third-order valence-electron chi connectivity index (χ3n) is 3.58. The molecule has 0 saturated heterocycles. The summed E-state index contributed by atoms with van der Waals surface area (Å²) in [7, 11) is 0. The summed E-state index contributed by atoms with van der Waals surface area (Å²) in [6.07, 6.45) is 2.52. The van der Waals surface area contributed by atoms with Crippen LogP contribution in [0.15, 0.2) is 24.3 Å². The van der Waals surface area contributed by atoms with Crippen molar-refractivity contribution in [3.63, 3.8) is 0 Å². The molecular formula is C16H22N2O2. The first-order valence-corrected chi connectivity index (χ1v) is 7.15. The van der Waals surface area contributed by atoms with Gasteiger partial charge in [-0.2, -0.15) is 0 Å². The highest BCUT2D eigenvalue weighted by Crippen LogP contribution is 2.26. The molecule has 0 spiro atoms. The maximum atomic E-state index is 11.8. The number of aryl methyl sites for hydroxylation is 1. The molecule has 1 aromatic rings. The van der Waals surface area contributed by atoms with Crippen LogP contribution in [-0.4, -0.2) is 29.3 Å². The van der Waals surface area contributed by atoms with E-state index in [-0.39, 0.29) is 11.8 Å². The van der Waals surface area contributed by atoms with Gasteiger partial charge in [-0.1, -0.05) is 29.8 Å². The smallest absolute Gasteiger partial charge is 0.222 e. The molecule has 0 unspecified atom stereocenters. The third-order valence-corrected chi connectivity index (χ3v) is 3.58. The number of rotatable bonds is 6. The first kappa shape index (κ1) is 14.6. The minimum absolute atomic E-state index is 0.00234. The van der Waals surface area contributed by atoms with Crippen molar-refractivity contribution in [3.8, 4) is 0 Å². The monoisotopic (exact) mass is 274 g/mol. The average molecular weight is 274 g/mol. The van der Waals surface area contributed by atoms with Gasteiger partial charge in [0.15, 0.2) is 0 Å². The maximum Gasteiger partial charge on any atom is 0.222 e. The van der Waals surface area contributed by atoms with E-state index in [0.717, 1.165) is 18.4 Å². The fourth-order valence-corrected chi connectivity index (χ4v) is 2.20. The van der Waals surface area contributed by atoms with Gasteiger partial charge in [0.05, 0.1) is 0 Å². The lowest BCUT2D eigenvalue weighted by Crippen LogP contribution is -2.35. The molecule has 1 aromatic carbocycles. The second kappa shape index (κ2) is 6.55. The van der Waals surface area contributed by atoms with Gasteiger partial charge in [0, 0.05) is 32.5 Å². The highest BCUT2D eigenvalue weighted by Gasteiger charge is 2.30. The van der Waals surface area contributed by atoms with Crippen molar-refractivity contribution in [2.45, 2.75) is 45.7 Å². The maximum absolute atomic E-state index is 11.8. The normalized spacial score (nSPS) is 13.9. The van der Waals surface area contributed by atoms with Crippen LogP contribution >= 0.6 is 0 Å². The summed E-state index contributed by atoms with van der Waals surface area (Å²) in [6, 6.07) is 8.47. The highest BCUT2D eigenvalue weighted by atomic mass is 16.2. The van der Waals surface area contributed by atoms with E-state index in [2.05, 4.69) is 5.32 Å². The van der Waals surface area contributed by atoms with E-state index < -0.39 is 0 Å². The topological polar surface area (TPSA) is 49.4 Å². The Morgan fingerprint density at radius 2 is 1.90 bits per heavy atom. The van der Waals surface area contributed by atoms with Crippen LogP contribution in [0, 0.1) is 6.92 Å². The van der Waals surface area contributed by atoms with Crippen molar-refractivity contribution in [3.05, 3.63) is 35.4 Å². The Morgan fingerprint density at radius 3 is 2.45 bits per heavy atom. The Morgan fingerprint density at radius 1 is 1.25 bits per heavy atom. The van der Waals surface area contributed by atoms with Gasteiger partial charge in [0.25, 0.3) is 0 Å². The summed E-state index contributed by atoms with van der Waals surface area (Å²) in [6.45, 7) is 4.68. The fourth-order valence-electron chi connectivity index (χ4n) is 2.20. The number of amides is 2. The summed E-state index contributed by atoms with van der Waals surface area (Å²) in [4.78, 5) is 25.1. The fraction of sp³-hybridized carbons (Fsp3) is 0.500. The number of nitrogens with zero attached hydrogens (tertiary/aromatic N) is 1. The zero-order valence-corrected chi connectivity index (χ0v) is 12.2. The van der Waals surface area contributed by atoms with Gasteiger partial charge < -0.3 is 10.2 Å². The Labute approximate surface area is 120 Å². The molecule has 4 nitrogen and oxygen atoms in total. The predicted octanol–water partition coefficient (Wildman–Crippen LogP) is 2.01. The van der Waals surface area contributed by atoms with Gasteiger partial charge >= 0.3 is 0 Å². The molecule has 1 aliphatic rings. The van der Waals surface area contributed by atoms with Crippen LogP contribution in [0.25, 0.3) is 0 Å². The molecule has 0 radical (unpaired) electrons. The Bertz CT molecular complexity index is 478. The van der Waals surface area contributed by atoms with Gasteiger partial charge in [-0.25, -0.2) is 0 Å². The average Bonchev–Trinajstić information content (AvgIpc) is 3.22. The van der Waals surface area contributed by atoms with E-state index >= 15 is 0 Å². The van der Waals surface area contributed by atoms with E-state index in [0.29, 0.717) is 25.6 Å². The molecule has 0 aliphatic heterocycles. The summed E-state index contributed by atoms with van der Waals surface area (Å²) < 4.78 is 0. The molecule has 108 valence electrons. The van der Waals surface area contributed by atoms with Crippen molar-refractivity contribution in [1.29, 1.82) is 0 Å². The number of hydrogen-bond acceptors (Lipinski definition) is 2. The molecule has 2 rings (SSSR count). The molecule has 1 fully saturated rings. The molecule has 4 heteroatoms. The Hall–Kier alpha value is -1.84. The summed E-state index contributed by atoms with van der Waals surface area (Å²) in [5, 5.41) is 2.90. The van der Waals surface area contributed by atoms with Gasteiger partial charge in [0.2, 0.25) is 11.8 Å². The quantitative estimate of drug-likeness (QED) is 0.862. The highest BCUT2D eigenvalue weighted by molar-refractivity contribution is 5.78. The van der Waals surface area contributed by atoms with Crippen molar-refractivity contribution >= 4 is 11.8 Å². The van der Waals surface area contributed by atoms with Crippen molar-refractivity contribution in [2.24, 2.45) is 0 Å². The van der Waals surface area contributed by atoms with E-state index in [1.165, 1.54) is 5.56 Å². The SMILES string of the molecule is CC(=O)N(CCC(=O)NCc1ccc(C)cc1)C1CC1. The van der Waals surface area contributed by atoms with E-state index in [9.17, 15) is 9.59 Å². The molecule has 0 heterocycles. The molecule has 1 aliphatic carbocycles. The van der Waals surface area contributed by atoms with Crippen LogP contribution in [0.1, 0.15) is 37.3 Å². The van der Waals surface area contributed by atoms with Crippen LogP contribution in [0.2, 0.25) is 0 Å². The molecule has 0 bridgehead atoms. The number of benzene rings is 1. The van der Waals surface area contributed by atoms with Crippen LogP contribution < -0.4 is 5.32 Å². The lowest BCUT2D eigenvalue weighted by atomic mass is 10.1. The lowest BCUT2D eigenvalue weighted by molar-refractivity contribution is -0.130. The summed E-state index contributed by atoms with van der Waals surface area (Å²) in [5.74, 6) is 0.0660. The van der Waals surface area contributed by atoms with Crippen molar-refractivity contribution in [2.75, 3.05) is 6.54 Å². The molecule has 2 amide bonds. The van der Waals surface area contributed by atoms with Crippen molar-refractivity contribution < 1.29 is 9.59 Å². The van der Waals surface area contributed by atoms with E-state index in [1.807, 2.05) is 36.1 Å². The molecule has 1 N–H and O–H groups in total. The minimum atomic E-state index is -0.00234. The molecule has 1 saturated carbocycles. The number of carbonyl (C=O) groups excluding carboxylic acids is 2. The first-order chi connectivity index (χ1) is 9.56. The first-order valence-electron chi connectivity index (χ1n) is 7.15. The largest absolute Gasteiger partial charge is 0.352 e. The number of nitrogens with one attached hydrogen (secondary N) is 1. The van der Waals surface area contributed by atoms with Gasteiger partial charge in [0.1, 0.15) is 0 Å². The molecule has 0 aromatic heterocycles. The minimum Gasteiger partial charge on any atom is -0.352 e. The predicted molar refractivity (Wildman–Crippen MR) is 78.1 cm³/mol. The van der Waals surface area contributed by atoms with E-state index in [1.54, 1.807) is 6.92 Å². The van der Waals surface area contributed by atoms with Crippen molar-refractivity contribution in [1.82, 2.24) is 10.2 Å². The number of hydrogen-bond donors (Lipinski definition) is 1. The summed E-state index contributed by atoms with van der Waals surface area (Å²) >= 11 is 0. The van der Waals surface area contributed by atoms with Crippen LogP contribution in [0.4, 0.5) is 0 Å². The molecular weight excluding hydrogens is 252 g/mol. The third kappa shape index (κ3) is 4.37. The lowest BCUT2D eigenvalue weighted by Gasteiger charge is -2.20.